The maximum Gasteiger partial charge on any atom is 0.337 e. The van der Waals surface area contributed by atoms with Crippen molar-refractivity contribution in [2.24, 2.45) is 0 Å². The molecule has 5 rings (SSSR count). The molecule has 0 fully saturated rings. The van der Waals surface area contributed by atoms with Crippen LogP contribution in [0.1, 0.15) is 27.3 Å². The summed E-state index contributed by atoms with van der Waals surface area (Å²) in [4.78, 5) is 16.8. The number of esters is 1. The SMILES string of the molecule is COC(=O)c1ccc(Cn2cc(-c3ccc(Cl)cc3Cl)nc2Cc2ccc(-c3cccc(N)c3)cc2)cc1. The Balaban J connectivity index is 1.46. The van der Waals surface area contributed by atoms with Crippen LogP contribution in [0.5, 0.6) is 0 Å². The molecular formula is C31H25Cl2N3O2. The third-order valence-electron chi connectivity index (χ3n) is 6.33. The third-order valence-corrected chi connectivity index (χ3v) is 6.88. The number of nitrogens with zero attached hydrogens (tertiary/aromatic N) is 2. The predicted molar refractivity (Wildman–Crippen MR) is 154 cm³/mol. The topological polar surface area (TPSA) is 70.1 Å². The van der Waals surface area contributed by atoms with Gasteiger partial charge in [-0.3, -0.25) is 0 Å². The van der Waals surface area contributed by atoms with E-state index in [0.717, 1.165) is 45.0 Å². The van der Waals surface area contributed by atoms with Crippen molar-refractivity contribution in [3.8, 4) is 22.4 Å². The largest absolute Gasteiger partial charge is 0.465 e. The van der Waals surface area contributed by atoms with Crippen LogP contribution >= 0.6 is 23.2 Å². The lowest BCUT2D eigenvalue weighted by Crippen LogP contribution is -2.06. The summed E-state index contributed by atoms with van der Waals surface area (Å²) in [5.41, 5.74) is 13.1. The van der Waals surface area contributed by atoms with Gasteiger partial charge in [0.1, 0.15) is 5.82 Å². The Hall–Kier alpha value is -4.06. The van der Waals surface area contributed by atoms with Crippen molar-refractivity contribution in [1.29, 1.82) is 0 Å². The Bertz CT molecular complexity index is 1590. The van der Waals surface area contributed by atoms with Gasteiger partial charge in [0.05, 0.1) is 23.4 Å². The van der Waals surface area contributed by atoms with Crippen molar-refractivity contribution in [1.82, 2.24) is 9.55 Å². The highest BCUT2D eigenvalue weighted by Crippen LogP contribution is 2.31. The number of imidazole rings is 1. The number of carbonyl (C=O) groups is 1. The maximum absolute atomic E-state index is 11.8. The van der Waals surface area contributed by atoms with E-state index in [0.29, 0.717) is 28.6 Å². The summed E-state index contributed by atoms with van der Waals surface area (Å²) in [6.07, 6.45) is 2.63. The zero-order valence-corrected chi connectivity index (χ0v) is 22.2. The molecule has 0 bridgehead atoms. The molecule has 0 aliphatic carbocycles. The minimum Gasteiger partial charge on any atom is -0.465 e. The van der Waals surface area contributed by atoms with E-state index in [1.54, 1.807) is 18.2 Å². The normalized spacial score (nSPS) is 10.9. The summed E-state index contributed by atoms with van der Waals surface area (Å²) in [6.45, 7) is 0.580. The fourth-order valence-electron chi connectivity index (χ4n) is 4.34. The third kappa shape index (κ3) is 5.75. The first-order valence-corrected chi connectivity index (χ1v) is 12.8. The number of nitrogens with two attached hydrogens (primary N) is 1. The second-order valence-corrected chi connectivity index (χ2v) is 9.83. The first-order chi connectivity index (χ1) is 18.4. The predicted octanol–water partition coefficient (Wildman–Crippen LogP) is 7.53. The van der Waals surface area contributed by atoms with Crippen molar-refractivity contribution in [2.75, 3.05) is 12.8 Å². The molecule has 4 aromatic carbocycles. The number of benzene rings is 4. The quantitative estimate of drug-likeness (QED) is 0.171. The second-order valence-electron chi connectivity index (χ2n) is 8.98. The number of anilines is 1. The van der Waals surface area contributed by atoms with E-state index in [9.17, 15) is 4.79 Å². The van der Waals surface area contributed by atoms with Crippen LogP contribution in [0.3, 0.4) is 0 Å². The number of hydrogen-bond donors (Lipinski definition) is 1. The summed E-state index contributed by atoms with van der Waals surface area (Å²) in [7, 11) is 1.37. The van der Waals surface area contributed by atoms with Gasteiger partial charge in [0.2, 0.25) is 0 Å². The van der Waals surface area contributed by atoms with E-state index in [2.05, 4.69) is 28.8 Å². The molecule has 1 heterocycles. The van der Waals surface area contributed by atoms with Gasteiger partial charge in [-0.15, -0.1) is 0 Å². The molecule has 0 aliphatic rings. The van der Waals surface area contributed by atoms with Gasteiger partial charge in [0, 0.05) is 35.4 Å². The lowest BCUT2D eigenvalue weighted by Gasteiger charge is -2.10. The van der Waals surface area contributed by atoms with Crippen LogP contribution in [-0.2, 0) is 17.7 Å². The molecule has 1 aromatic heterocycles. The summed E-state index contributed by atoms with van der Waals surface area (Å²) in [5, 5.41) is 1.12. The molecular weight excluding hydrogens is 517 g/mol. The molecule has 2 N–H and O–H groups in total. The Morgan fingerprint density at radius 1 is 0.895 bits per heavy atom. The summed E-state index contributed by atoms with van der Waals surface area (Å²) in [6, 6.07) is 29.1. The van der Waals surface area contributed by atoms with Gasteiger partial charge in [-0.05, 0) is 64.7 Å². The molecule has 7 heteroatoms. The van der Waals surface area contributed by atoms with Crippen molar-refractivity contribution in [3.63, 3.8) is 0 Å². The summed E-state index contributed by atoms with van der Waals surface area (Å²) < 4.78 is 6.92. The first-order valence-electron chi connectivity index (χ1n) is 12.0. The van der Waals surface area contributed by atoms with Crippen molar-refractivity contribution in [3.05, 3.63) is 130 Å². The van der Waals surface area contributed by atoms with Crippen LogP contribution in [0.15, 0.2) is 97.2 Å². The van der Waals surface area contributed by atoms with E-state index in [-0.39, 0.29) is 5.97 Å². The van der Waals surface area contributed by atoms with E-state index in [4.69, 9.17) is 38.7 Å². The van der Waals surface area contributed by atoms with E-state index in [1.165, 1.54) is 7.11 Å². The monoisotopic (exact) mass is 541 g/mol. The molecule has 190 valence electrons. The van der Waals surface area contributed by atoms with E-state index >= 15 is 0 Å². The minimum absolute atomic E-state index is 0.360. The number of rotatable bonds is 7. The number of methoxy groups -OCH3 is 1. The van der Waals surface area contributed by atoms with Gasteiger partial charge in [-0.1, -0.05) is 71.7 Å². The molecule has 5 nitrogen and oxygen atoms in total. The lowest BCUT2D eigenvalue weighted by molar-refractivity contribution is 0.0600. The van der Waals surface area contributed by atoms with Crippen LogP contribution in [0.25, 0.3) is 22.4 Å². The Labute approximate surface area is 231 Å². The molecule has 0 spiro atoms. The molecule has 5 aromatic rings. The molecule has 0 amide bonds. The second kappa shape index (κ2) is 11.1. The molecule has 0 saturated heterocycles. The molecule has 0 radical (unpaired) electrons. The van der Waals surface area contributed by atoms with Gasteiger partial charge in [-0.2, -0.15) is 0 Å². The zero-order valence-electron chi connectivity index (χ0n) is 20.7. The Morgan fingerprint density at radius 2 is 1.63 bits per heavy atom. The van der Waals surface area contributed by atoms with Crippen molar-refractivity contribution in [2.45, 2.75) is 13.0 Å². The van der Waals surface area contributed by atoms with Crippen LogP contribution in [0.4, 0.5) is 5.69 Å². The number of hydrogen-bond acceptors (Lipinski definition) is 4. The number of ether oxygens (including phenoxy) is 1. The van der Waals surface area contributed by atoms with Crippen LogP contribution in [0, 0.1) is 0 Å². The van der Waals surface area contributed by atoms with E-state index in [1.807, 2.05) is 54.7 Å². The molecule has 0 unspecified atom stereocenters. The standard InChI is InChI=1S/C31H25Cl2N3O2/c1-38-31(37)23-11-7-21(8-12-23)18-36-19-29(27-14-13-25(32)17-28(27)33)35-30(36)15-20-5-9-22(10-6-20)24-3-2-4-26(34)16-24/h2-14,16-17,19H,15,18,34H2,1H3. The van der Waals surface area contributed by atoms with Gasteiger partial charge in [-0.25, -0.2) is 9.78 Å². The number of halogens is 2. The number of aromatic nitrogens is 2. The van der Waals surface area contributed by atoms with Gasteiger partial charge in [0.15, 0.2) is 0 Å². The zero-order chi connectivity index (χ0) is 26.6. The van der Waals surface area contributed by atoms with Crippen LogP contribution in [-0.4, -0.2) is 22.6 Å². The average Bonchev–Trinajstić information content (AvgIpc) is 3.30. The molecule has 0 aliphatic heterocycles. The smallest absolute Gasteiger partial charge is 0.337 e. The van der Waals surface area contributed by atoms with Crippen LogP contribution in [0.2, 0.25) is 10.0 Å². The fourth-order valence-corrected chi connectivity index (χ4v) is 4.84. The van der Waals surface area contributed by atoms with Gasteiger partial charge in [0.25, 0.3) is 0 Å². The molecule has 38 heavy (non-hydrogen) atoms. The molecule has 0 atom stereocenters. The van der Waals surface area contributed by atoms with Gasteiger partial charge >= 0.3 is 5.97 Å². The molecule has 0 saturated carbocycles. The highest BCUT2D eigenvalue weighted by Gasteiger charge is 2.14. The number of nitrogen functional groups attached to an aromatic ring is 1. The number of carbonyl (C=O) groups excluding carboxylic acids is 1. The van der Waals surface area contributed by atoms with Crippen molar-refractivity contribution >= 4 is 34.9 Å². The van der Waals surface area contributed by atoms with Gasteiger partial charge < -0.3 is 15.0 Å². The highest BCUT2D eigenvalue weighted by molar-refractivity contribution is 6.36. The maximum atomic E-state index is 11.8. The average molecular weight is 542 g/mol. The fraction of sp³-hybridized carbons (Fsp3) is 0.0968. The Morgan fingerprint density at radius 3 is 2.32 bits per heavy atom. The summed E-state index contributed by atoms with van der Waals surface area (Å²) in [5.74, 6) is 0.529. The minimum atomic E-state index is -0.360. The highest BCUT2D eigenvalue weighted by atomic mass is 35.5. The van der Waals surface area contributed by atoms with Crippen molar-refractivity contribution < 1.29 is 9.53 Å². The lowest BCUT2D eigenvalue weighted by atomic mass is 10.0. The first kappa shape index (κ1) is 25.6. The van der Waals surface area contributed by atoms with E-state index < -0.39 is 0 Å². The Kier molecular flexibility index (Phi) is 7.50. The van der Waals surface area contributed by atoms with Crippen LogP contribution < -0.4 is 5.73 Å². The summed E-state index contributed by atoms with van der Waals surface area (Å²) >= 11 is 12.6.